The summed E-state index contributed by atoms with van der Waals surface area (Å²) in [4.78, 5) is 0. The Bertz CT molecular complexity index is 570. The van der Waals surface area contributed by atoms with Crippen molar-refractivity contribution in [2.45, 2.75) is 19.4 Å². The average molecular weight is 297 g/mol. The van der Waals surface area contributed by atoms with Crippen molar-refractivity contribution in [1.29, 1.82) is 0 Å². The number of hydrogen-bond donors (Lipinski definition) is 1. The van der Waals surface area contributed by atoms with E-state index < -0.39 is 6.10 Å². The second-order valence-corrected chi connectivity index (χ2v) is 4.95. The minimum Gasteiger partial charge on any atom is -0.457 e. The van der Waals surface area contributed by atoms with Crippen molar-refractivity contribution in [3.8, 4) is 11.5 Å². The summed E-state index contributed by atoms with van der Waals surface area (Å²) >= 11 is 11.8. The molecule has 0 unspecified atom stereocenters. The van der Waals surface area contributed by atoms with Gasteiger partial charge in [-0.1, -0.05) is 48.3 Å². The van der Waals surface area contributed by atoms with Crippen molar-refractivity contribution in [3.63, 3.8) is 0 Å². The Kier molecular flexibility index (Phi) is 4.70. The molecule has 0 heterocycles. The molecule has 0 saturated heterocycles. The molecule has 2 aromatic rings. The van der Waals surface area contributed by atoms with E-state index in [0.717, 1.165) is 5.56 Å². The summed E-state index contributed by atoms with van der Waals surface area (Å²) in [7, 11) is 0. The molecule has 1 N–H and O–H groups in total. The van der Waals surface area contributed by atoms with Crippen LogP contribution in [0.15, 0.2) is 42.5 Å². The summed E-state index contributed by atoms with van der Waals surface area (Å²) in [5.74, 6) is 1.21. The second-order valence-electron chi connectivity index (χ2n) is 4.14. The lowest BCUT2D eigenvalue weighted by molar-refractivity contribution is 0.170. The number of para-hydroxylation sites is 1. The molecule has 0 radical (unpaired) electrons. The summed E-state index contributed by atoms with van der Waals surface area (Å²) < 4.78 is 5.77. The monoisotopic (exact) mass is 296 g/mol. The number of aliphatic hydroxyl groups excluding tert-OH is 1. The highest BCUT2D eigenvalue weighted by atomic mass is 35.5. The van der Waals surface area contributed by atoms with Gasteiger partial charge >= 0.3 is 0 Å². The molecule has 0 amide bonds. The molecule has 0 bridgehead atoms. The van der Waals surface area contributed by atoms with E-state index in [9.17, 15) is 5.11 Å². The van der Waals surface area contributed by atoms with E-state index in [1.807, 2.05) is 31.2 Å². The maximum Gasteiger partial charge on any atom is 0.133 e. The molecule has 0 spiro atoms. The molecule has 0 aliphatic heterocycles. The van der Waals surface area contributed by atoms with Gasteiger partial charge in [0.15, 0.2) is 0 Å². The number of ether oxygens (including phenoxy) is 1. The number of aliphatic hydroxyl groups is 1. The summed E-state index contributed by atoms with van der Waals surface area (Å²) in [6.07, 6.45) is 0.0841. The number of rotatable bonds is 4. The van der Waals surface area contributed by atoms with E-state index >= 15 is 0 Å². The first kappa shape index (κ1) is 14.2. The smallest absolute Gasteiger partial charge is 0.133 e. The van der Waals surface area contributed by atoms with Crippen LogP contribution in [0.3, 0.4) is 0 Å². The molecule has 0 fully saturated rings. The molecule has 100 valence electrons. The molecule has 19 heavy (non-hydrogen) atoms. The summed E-state index contributed by atoms with van der Waals surface area (Å²) in [6, 6.07) is 12.5. The van der Waals surface area contributed by atoms with Gasteiger partial charge in [0.05, 0.1) is 16.1 Å². The standard InChI is InChI=1S/C15H14Cl2O2/c1-2-14(18)11-5-3-4-6-15(11)19-10-7-8-12(16)13(17)9-10/h3-9,14,18H,2H2,1H3/t14-/m0/s1. The molecule has 0 aliphatic carbocycles. The third-order valence-corrected chi connectivity index (χ3v) is 3.52. The molecule has 0 aliphatic rings. The van der Waals surface area contributed by atoms with Crippen LogP contribution in [0.5, 0.6) is 11.5 Å². The maximum atomic E-state index is 9.96. The van der Waals surface area contributed by atoms with Gasteiger partial charge < -0.3 is 9.84 Å². The lowest BCUT2D eigenvalue weighted by Gasteiger charge is -2.14. The van der Waals surface area contributed by atoms with Crippen LogP contribution in [-0.2, 0) is 0 Å². The van der Waals surface area contributed by atoms with E-state index in [0.29, 0.717) is 28.0 Å². The van der Waals surface area contributed by atoms with Crippen LogP contribution >= 0.6 is 23.2 Å². The number of hydrogen-bond acceptors (Lipinski definition) is 2. The van der Waals surface area contributed by atoms with Crippen molar-refractivity contribution in [3.05, 3.63) is 58.1 Å². The van der Waals surface area contributed by atoms with Gasteiger partial charge in [-0.15, -0.1) is 0 Å². The van der Waals surface area contributed by atoms with Gasteiger partial charge in [-0.05, 0) is 24.6 Å². The van der Waals surface area contributed by atoms with E-state index in [1.165, 1.54) is 0 Å². The first-order valence-corrected chi connectivity index (χ1v) is 6.77. The molecule has 2 rings (SSSR count). The Labute approximate surface area is 122 Å². The Morgan fingerprint density at radius 3 is 2.53 bits per heavy atom. The van der Waals surface area contributed by atoms with Crippen molar-refractivity contribution in [2.24, 2.45) is 0 Å². The zero-order chi connectivity index (χ0) is 13.8. The fourth-order valence-electron chi connectivity index (χ4n) is 1.74. The highest BCUT2D eigenvalue weighted by Crippen LogP contribution is 2.33. The van der Waals surface area contributed by atoms with E-state index in [1.54, 1.807) is 18.2 Å². The van der Waals surface area contributed by atoms with Crippen LogP contribution in [-0.4, -0.2) is 5.11 Å². The van der Waals surface area contributed by atoms with Gasteiger partial charge in [0.1, 0.15) is 11.5 Å². The molecular formula is C15H14Cl2O2. The lowest BCUT2D eigenvalue weighted by atomic mass is 10.1. The van der Waals surface area contributed by atoms with Gasteiger partial charge in [0.2, 0.25) is 0 Å². The Morgan fingerprint density at radius 1 is 1.11 bits per heavy atom. The van der Waals surface area contributed by atoms with Crippen molar-refractivity contribution in [1.82, 2.24) is 0 Å². The van der Waals surface area contributed by atoms with E-state index in [-0.39, 0.29) is 0 Å². The Balaban J connectivity index is 2.30. The van der Waals surface area contributed by atoms with Gasteiger partial charge in [0.25, 0.3) is 0 Å². The fraction of sp³-hybridized carbons (Fsp3) is 0.200. The summed E-state index contributed by atoms with van der Waals surface area (Å²) in [6.45, 7) is 1.92. The Morgan fingerprint density at radius 2 is 1.84 bits per heavy atom. The molecule has 1 atom stereocenters. The minimum absolute atomic E-state index is 0.438. The predicted molar refractivity (Wildman–Crippen MR) is 78.2 cm³/mol. The number of benzene rings is 2. The van der Waals surface area contributed by atoms with Gasteiger partial charge in [-0.2, -0.15) is 0 Å². The SMILES string of the molecule is CC[C@H](O)c1ccccc1Oc1ccc(Cl)c(Cl)c1. The van der Waals surface area contributed by atoms with Gasteiger partial charge in [0, 0.05) is 11.6 Å². The second kappa shape index (κ2) is 6.29. The average Bonchev–Trinajstić information content (AvgIpc) is 2.43. The van der Waals surface area contributed by atoms with Crippen LogP contribution in [0.1, 0.15) is 25.0 Å². The normalized spacial score (nSPS) is 12.2. The number of halogens is 2. The molecule has 2 aromatic carbocycles. The Hall–Kier alpha value is -1.22. The molecule has 0 saturated carbocycles. The molecule has 0 aromatic heterocycles. The zero-order valence-electron chi connectivity index (χ0n) is 10.4. The highest BCUT2D eigenvalue weighted by molar-refractivity contribution is 6.42. The van der Waals surface area contributed by atoms with Crippen molar-refractivity contribution < 1.29 is 9.84 Å². The van der Waals surface area contributed by atoms with Gasteiger partial charge in [-0.25, -0.2) is 0 Å². The molecule has 4 heteroatoms. The quantitative estimate of drug-likeness (QED) is 0.837. The van der Waals surface area contributed by atoms with Crippen LogP contribution in [0, 0.1) is 0 Å². The lowest BCUT2D eigenvalue weighted by Crippen LogP contribution is -1.98. The van der Waals surface area contributed by atoms with Crippen LogP contribution in [0.25, 0.3) is 0 Å². The molecular weight excluding hydrogens is 283 g/mol. The summed E-state index contributed by atoms with van der Waals surface area (Å²) in [5.41, 5.74) is 0.760. The van der Waals surface area contributed by atoms with E-state index in [2.05, 4.69) is 0 Å². The first-order valence-electron chi connectivity index (χ1n) is 6.01. The highest BCUT2D eigenvalue weighted by Gasteiger charge is 2.12. The third-order valence-electron chi connectivity index (χ3n) is 2.78. The third kappa shape index (κ3) is 3.41. The van der Waals surface area contributed by atoms with Crippen LogP contribution in [0.4, 0.5) is 0 Å². The fourth-order valence-corrected chi connectivity index (χ4v) is 2.02. The predicted octanol–water partition coefficient (Wildman–Crippen LogP) is 5.23. The topological polar surface area (TPSA) is 29.5 Å². The minimum atomic E-state index is -0.543. The first-order chi connectivity index (χ1) is 9.11. The molecule has 2 nitrogen and oxygen atoms in total. The largest absolute Gasteiger partial charge is 0.457 e. The van der Waals surface area contributed by atoms with Crippen LogP contribution in [0.2, 0.25) is 10.0 Å². The van der Waals surface area contributed by atoms with Gasteiger partial charge in [-0.3, -0.25) is 0 Å². The maximum absolute atomic E-state index is 9.96. The zero-order valence-corrected chi connectivity index (χ0v) is 11.9. The van der Waals surface area contributed by atoms with E-state index in [4.69, 9.17) is 27.9 Å². The van der Waals surface area contributed by atoms with Crippen LogP contribution < -0.4 is 4.74 Å². The summed E-state index contributed by atoms with van der Waals surface area (Å²) in [5, 5.41) is 10.9. The van der Waals surface area contributed by atoms with Crippen molar-refractivity contribution in [2.75, 3.05) is 0 Å². The van der Waals surface area contributed by atoms with Crippen molar-refractivity contribution >= 4 is 23.2 Å².